The maximum absolute atomic E-state index is 12.1. The lowest BCUT2D eigenvalue weighted by molar-refractivity contribution is 0.0521. The number of aryl methyl sites for hydroxylation is 1. The number of para-hydroxylation sites is 1. The number of hydrogen-bond donors (Lipinski definition) is 0. The van der Waals surface area contributed by atoms with Gasteiger partial charge in [-0.15, -0.1) is 0 Å². The van der Waals surface area contributed by atoms with E-state index in [0.29, 0.717) is 28.5 Å². The number of alkyl halides is 1. The van der Waals surface area contributed by atoms with Crippen molar-refractivity contribution in [3.8, 4) is 5.75 Å². The van der Waals surface area contributed by atoms with Gasteiger partial charge in [-0.1, -0.05) is 80.2 Å². The van der Waals surface area contributed by atoms with Gasteiger partial charge in [-0.3, -0.25) is 0 Å². The minimum atomic E-state index is -0.308. The van der Waals surface area contributed by atoms with Gasteiger partial charge in [0.05, 0.1) is 13.2 Å². The molecule has 3 nitrogen and oxygen atoms in total. The van der Waals surface area contributed by atoms with Crippen LogP contribution in [0.1, 0.15) is 74.7 Å². The van der Waals surface area contributed by atoms with Crippen LogP contribution < -0.4 is 4.74 Å². The van der Waals surface area contributed by atoms with Crippen LogP contribution in [0.3, 0.4) is 0 Å². The van der Waals surface area contributed by atoms with Gasteiger partial charge in [-0.05, 0) is 31.9 Å². The third-order valence-electron chi connectivity index (χ3n) is 3.99. The van der Waals surface area contributed by atoms with Crippen molar-refractivity contribution in [1.82, 2.24) is 0 Å². The summed E-state index contributed by atoms with van der Waals surface area (Å²) in [7, 11) is 0. The zero-order chi connectivity index (χ0) is 17.8. The second-order valence-electron chi connectivity index (χ2n) is 6.14. The predicted octanol–water partition coefficient (Wildman–Crippen LogP) is 6.10. The summed E-state index contributed by atoms with van der Waals surface area (Å²) in [6.45, 7) is 7.03. The smallest absolute Gasteiger partial charge is 0.341 e. The number of benzene rings is 1. The van der Waals surface area contributed by atoms with Crippen LogP contribution in [-0.4, -0.2) is 23.1 Å². The van der Waals surface area contributed by atoms with Gasteiger partial charge in [-0.25, -0.2) is 4.79 Å². The van der Waals surface area contributed by atoms with E-state index in [-0.39, 0.29) is 5.97 Å². The van der Waals surface area contributed by atoms with Gasteiger partial charge in [0, 0.05) is 3.92 Å². The molecule has 0 aromatic heterocycles. The molecular weight excluding hydrogens is 415 g/mol. The molecule has 1 aromatic rings. The SMILES string of the molecule is CCCCCCCCC(I)COc1c(C)cccc1C(=O)OCC. The summed E-state index contributed by atoms with van der Waals surface area (Å²) < 4.78 is 11.6. The Kier molecular flexibility index (Phi) is 11.1. The molecule has 0 aliphatic carbocycles. The third kappa shape index (κ3) is 7.86. The van der Waals surface area contributed by atoms with Crippen molar-refractivity contribution in [2.45, 2.75) is 69.6 Å². The summed E-state index contributed by atoms with van der Waals surface area (Å²) in [5, 5.41) is 0. The van der Waals surface area contributed by atoms with Crippen LogP contribution in [0.2, 0.25) is 0 Å². The highest BCUT2D eigenvalue weighted by Crippen LogP contribution is 2.25. The molecule has 0 aliphatic heterocycles. The van der Waals surface area contributed by atoms with E-state index in [9.17, 15) is 4.79 Å². The van der Waals surface area contributed by atoms with Crippen molar-refractivity contribution in [2.24, 2.45) is 0 Å². The van der Waals surface area contributed by atoms with Crippen LogP contribution in [0.15, 0.2) is 18.2 Å². The Morgan fingerprint density at radius 1 is 1.12 bits per heavy atom. The number of esters is 1. The van der Waals surface area contributed by atoms with E-state index in [1.807, 2.05) is 26.0 Å². The van der Waals surface area contributed by atoms with E-state index in [0.717, 1.165) is 12.0 Å². The zero-order valence-electron chi connectivity index (χ0n) is 15.3. The average molecular weight is 446 g/mol. The van der Waals surface area contributed by atoms with Crippen LogP contribution >= 0.6 is 22.6 Å². The first kappa shape index (κ1) is 21.3. The molecule has 4 heteroatoms. The molecular formula is C20H31IO3. The molecule has 1 aromatic carbocycles. The molecule has 0 amide bonds. The largest absolute Gasteiger partial charge is 0.491 e. The number of ether oxygens (including phenoxy) is 2. The van der Waals surface area contributed by atoms with E-state index >= 15 is 0 Å². The third-order valence-corrected chi connectivity index (χ3v) is 4.97. The van der Waals surface area contributed by atoms with Crippen molar-refractivity contribution < 1.29 is 14.3 Å². The minimum Gasteiger partial charge on any atom is -0.491 e. The number of carbonyl (C=O) groups excluding carboxylic acids is 1. The van der Waals surface area contributed by atoms with E-state index in [1.165, 1.54) is 38.5 Å². The molecule has 0 spiro atoms. The first-order valence-electron chi connectivity index (χ1n) is 9.13. The molecule has 0 saturated heterocycles. The van der Waals surface area contributed by atoms with Gasteiger partial charge in [0.2, 0.25) is 0 Å². The normalized spacial score (nSPS) is 12.0. The van der Waals surface area contributed by atoms with Gasteiger partial charge in [-0.2, -0.15) is 0 Å². The fourth-order valence-corrected chi connectivity index (χ4v) is 3.24. The van der Waals surface area contributed by atoms with E-state index in [2.05, 4.69) is 29.5 Å². The van der Waals surface area contributed by atoms with E-state index < -0.39 is 0 Å². The second-order valence-corrected chi connectivity index (χ2v) is 7.90. The minimum absolute atomic E-state index is 0.308. The summed E-state index contributed by atoms with van der Waals surface area (Å²) in [6, 6.07) is 5.61. The molecule has 0 radical (unpaired) electrons. The highest BCUT2D eigenvalue weighted by atomic mass is 127. The lowest BCUT2D eigenvalue weighted by atomic mass is 10.1. The number of unbranched alkanes of at least 4 members (excludes halogenated alkanes) is 5. The van der Waals surface area contributed by atoms with Crippen molar-refractivity contribution >= 4 is 28.6 Å². The quantitative estimate of drug-likeness (QED) is 0.168. The van der Waals surface area contributed by atoms with Crippen molar-refractivity contribution in [1.29, 1.82) is 0 Å². The maximum Gasteiger partial charge on any atom is 0.341 e. The average Bonchev–Trinajstić information content (AvgIpc) is 2.57. The Bertz CT molecular complexity index is 488. The Morgan fingerprint density at radius 2 is 1.83 bits per heavy atom. The molecule has 1 unspecified atom stereocenters. The Morgan fingerprint density at radius 3 is 2.54 bits per heavy atom. The molecule has 1 rings (SSSR count). The van der Waals surface area contributed by atoms with Gasteiger partial charge >= 0.3 is 5.97 Å². The maximum atomic E-state index is 12.1. The Hall–Kier alpha value is -0.780. The van der Waals surface area contributed by atoms with Crippen LogP contribution in [0, 0.1) is 6.92 Å². The summed E-state index contributed by atoms with van der Waals surface area (Å²) in [6.07, 6.45) is 9.04. The zero-order valence-corrected chi connectivity index (χ0v) is 17.4. The standard InChI is InChI=1S/C20H31IO3/c1-4-6-7-8-9-10-13-17(21)15-24-19-16(3)12-11-14-18(19)20(22)23-5-2/h11-12,14,17H,4-10,13,15H2,1-3H3. The van der Waals surface area contributed by atoms with Gasteiger partial charge in [0.25, 0.3) is 0 Å². The Balaban J connectivity index is 2.44. The fourth-order valence-electron chi connectivity index (χ4n) is 2.62. The van der Waals surface area contributed by atoms with Crippen molar-refractivity contribution in [3.63, 3.8) is 0 Å². The van der Waals surface area contributed by atoms with Crippen molar-refractivity contribution in [2.75, 3.05) is 13.2 Å². The second kappa shape index (κ2) is 12.6. The highest BCUT2D eigenvalue weighted by Gasteiger charge is 2.16. The van der Waals surface area contributed by atoms with Crippen LogP contribution in [0.25, 0.3) is 0 Å². The number of halogens is 1. The molecule has 0 bridgehead atoms. The van der Waals surface area contributed by atoms with Gasteiger partial charge < -0.3 is 9.47 Å². The molecule has 136 valence electrons. The molecule has 1 atom stereocenters. The number of hydrogen-bond acceptors (Lipinski definition) is 3. The lowest BCUT2D eigenvalue weighted by Gasteiger charge is -2.16. The summed E-state index contributed by atoms with van der Waals surface area (Å²) >= 11 is 2.45. The van der Waals surface area contributed by atoms with Gasteiger partial charge in [0.15, 0.2) is 0 Å². The van der Waals surface area contributed by atoms with Gasteiger partial charge in [0.1, 0.15) is 11.3 Å². The first-order chi connectivity index (χ1) is 11.6. The monoisotopic (exact) mass is 446 g/mol. The molecule has 0 fully saturated rings. The molecule has 0 N–H and O–H groups in total. The molecule has 0 saturated carbocycles. The summed E-state index contributed by atoms with van der Waals surface area (Å²) in [5.74, 6) is 0.359. The number of rotatable bonds is 12. The highest BCUT2D eigenvalue weighted by molar-refractivity contribution is 14.1. The first-order valence-corrected chi connectivity index (χ1v) is 10.4. The van der Waals surface area contributed by atoms with E-state index in [1.54, 1.807) is 6.07 Å². The summed E-state index contributed by atoms with van der Waals surface area (Å²) in [5.41, 5.74) is 1.50. The lowest BCUT2D eigenvalue weighted by Crippen LogP contribution is -2.15. The van der Waals surface area contributed by atoms with Crippen molar-refractivity contribution in [3.05, 3.63) is 29.3 Å². The number of carbonyl (C=O) groups is 1. The molecule has 0 heterocycles. The molecule has 24 heavy (non-hydrogen) atoms. The molecule has 0 aliphatic rings. The fraction of sp³-hybridized carbons (Fsp3) is 0.650. The van der Waals surface area contributed by atoms with Crippen LogP contribution in [-0.2, 0) is 4.74 Å². The van der Waals surface area contributed by atoms with Crippen LogP contribution in [0.4, 0.5) is 0 Å². The van der Waals surface area contributed by atoms with E-state index in [4.69, 9.17) is 9.47 Å². The predicted molar refractivity (Wildman–Crippen MR) is 108 cm³/mol. The summed E-state index contributed by atoms with van der Waals surface area (Å²) in [4.78, 5) is 12.1. The topological polar surface area (TPSA) is 35.5 Å². The Labute approximate surface area is 160 Å². The van der Waals surface area contributed by atoms with Crippen LogP contribution in [0.5, 0.6) is 5.75 Å².